The zero-order chi connectivity index (χ0) is 10.3. The van der Waals surface area contributed by atoms with Crippen molar-refractivity contribution >= 4 is 17.0 Å². The van der Waals surface area contributed by atoms with Gasteiger partial charge in [-0.3, -0.25) is 4.79 Å². The first kappa shape index (κ1) is 10.6. The van der Waals surface area contributed by atoms with E-state index < -0.39 is 30.2 Å². The fourth-order valence-electron chi connectivity index (χ4n) is 1.12. The third kappa shape index (κ3) is 1.60. The summed E-state index contributed by atoms with van der Waals surface area (Å²) < 4.78 is 41.2. The third-order valence-electron chi connectivity index (χ3n) is 2.05. The van der Waals surface area contributed by atoms with E-state index in [4.69, 9.17) is 11.6 Å². The van der Waals surface area contributed by atoms with Crippen LogP contribution in [0.25, 0.3) is 0 Å². The van der Waals surface area contributed by atoms with Gasteiger partial charge in [0.15, 0.2) is 5.60 Å². The topological polar surface area (TPSA) is 29.5 Å². The fourth-order valence-corrected chi connectivity index (χ4v) is 1.24. The SMILES string of the molecule is COC1(C(F)(F)F)CN(C(=O)Cl)C1. The molecule has 3 nitrogen and oxygen atoms in total. The second-order valence-corrected chi connectivity index (χ2v) is 3.13. The number of amides is 1. The largest absolute Gasteiger partial charge is 0.420 e. The van der Waals surface area contributed by atoms with Crippen LogP contribution in [0.3, 0.4) is 0 Å². The Bertz CT molecular complexity index is 224. The fraction of sp³-hybridized carbons (Fsp3) is 0.833. The predicted molar refractivity (Wildman–Crippen MR) is 38.6 cm³/mol. The van der Waals surface area contributed by atoms with E-state index in [0.29, 0.717) is 0 Å². The lowest BCUT2D eigenvalue weighted by atomic mass is 9.94. The number of carbonyl (C=O) groups excluding carboxylic acids is 1. The molecule has 1 saturated heterocycles. The smallest absolute Gasteiger partial charge is 0.365 e. The standard InChI is InChI=1S/C6H7ClF3NO2/c1-13-5(6(8,9)10)2-11(3-5)4(7)12/h2-3H2,1H3. The van der Waals surface area contributed by atoms with Gasteiger partial charge in [0.1, 0.15) is 0 Å². The number of alkyl halides is 3. The van der Waals surface area contributed by atoms with Gasteiger partial charge >= 0.3 is 11.5 Å². The summed E-state index contributed by atoms with van der Waals surface area (Å²) in [4.78, 5) is 11.3. The number of hydrogen-bond donors (Lipinski definition) is 0. The van der Waals surface area contributed by atoms with Crippen molar-refractivity contribution in [2.45, 2.75) is 11.8 Å². The molecule has 0 aromatic rings. The zero-order valence-corrected chi connectivity index (χ0v) is 7.45. The molecule has 76 valence electrons. The highest BCUT2D eigenvalue weighted by molar-refractivity contribution is 6.62. The molecule has 1 heterocycles. The van der Waals surface area contributed by atoms with E-state index in [9.17, 15) is 18.0 Å². The highest BCUT2D eigenvalue weighted by Crippen LogP contribution is 2.40. The van der Waals surface area contributed by atoms with E-state index >= 15 is 0 Å². The molecular weight excluding hydrogens is 211 g/mol. The van der Waals surface area contributed by atoms with Gasteiger partial charge in [0.2, 0.25) is 0 Å². The average Bonchev–Trinajstić information content (AvgIpc) is 1.81. The first-order valence-electron chi connectivity index (χ1n) is 3.39. The second kappa shape index (κ2) is 3.02. The van der Waals surface area contributed by atoms with Crippen LogP contribution in [-0.2, 0) is 4.74 Å². The van der Waals surface area contributed by atoms with E-state index in [0.717, 1.165) is 12.0 Å². The van der Waals surface area contributed by atoms with E-state index in [1.165, 1.54) is 0 Å². The Hall–Kier alpha value is -0.490. The number of nitrogens with zero attached hydrogens (tertiary/aromatic N) is 1. The van der Waals surface area contributed by atoms with Gasteiger partial charge in [-0.1, -0.05) is 0 Å². The highest BCUT2D eigenvalue weighted by atomic mass is 35.5. The molecule has 0 aromatic carbocycles. The van der Waals surface area contributed by atoms with E-state index in [-0.39, 0.29) is 0 Å². The molecule has 0 atom stereocenters. The summed E-state index contributed by atoms with van der Waals surface area (Å²) in [5, 5.41) is -0.892. The van der Waals surface area contributed by atoms with Crippen molar-refractivity contribution in [3.05, 3.63) is 0 Å². The van der Waals surface area contributed by atoms with E-state index in [2.05, 4.69) is 4.74 Å². The molecule has 0 aromatic heterocycles. The summed E-state index contributed by atoms with van der Waals surface area (Å²) in [6.45, 7) is -1.06. The maximum absolute atomic E-state index is 12.3. The minimum Gasteiger partial charge on any atom is -0.365 e. The highest BCUT2D eigenvalue weighted by Gasteiger charge is 2.63. The summed E-state index contributed by atoms with van der Waals surface area (Å²) in [6, 6.07) is 0. The molecule has 13 heavy (non-hydrogen) atoms. The Morgan fingerprint density at radius 3 is 2.23 bits per heavy atom. The summed E-state index contributed by atoms with van der Waals surface area (Å²) in [6.07, 6.45) is -4.47. The Morgan fingerprint density at radius 1 is 1.54 bits per heavy atom. The van der Waals surface area contributed by atoms with Crippen LogP contribution in [0, 0.1) is 0 Å². The first-order valence-corrected chi connectivity index (χ1v) is 3.76. The molecule has 0 saturated carbocycles. The lowest BCUT2D eigenvalue weighted by molar-refractivity contribution is -0.302. The maximum Gasteiger partial charge on any atom is 0.420 e. The lowest BCUT2D eigenvalue weighted by Crippen LogP contribution is -2.70. The van der Waals surface area contributed by atoms with Crippen molar-refractivity contribution in [3.8, 4) is 0 Å². The van der Waals surface area contributed by atoms with Crippen LogP contribution in [0.15, 0.2) is 0 Å². The molecule has 1 fully saturated rings. The van der Waals surface area contributed by atoms with Gasteiger partial charge in [-0.2, -0.15) is 13.2 Å². The molecule has 0 bridgehead atoms. The second-order valence-electron chi connectivity index (χ2n) is 2.81. The Balaban J connectivity index is 2.66. The number of halogens is 4. The quantitative estimate of drug-likeness (QED) is 0.493. The molecule has 0 unspecified atom stereocenters. The van der Waals surface area contributed by atoms with Gasteiger partial charge in [-0.25, -0.2) is 0 Å². The zero-order valence-electron chi connectivity index (χ0n) is 6.69. The summed E-state index contributed by atoms with van der Waals surface area (Å²) >= 11 is 4.98. The summed E-state index contributed by atoms with van der Waals surface area (Å²) in [5.41, 5.74) is -2.22. The molecule has 7 heteroatoms. The van der Waals surface area contributed by atoms with Gasteiger partial charge in [0.25, 0.3) is 0 Å². The van der Waals surface area contributed by atoms with Crippen LogP contribution < -0.4 is 0 Å². The third-order valence-corrected chi connectivity index (χ3v) is 2.29. The van der Waals surface area contributed by atoms with Crippen LogP contribution in [0.5, 0.6) is 0 Å². The number of carbonyl (C=O) groups is 1. The van der Waals surface area contributed by atoms with Crippen LogP contribution in [0.2, 0.25) is 0 Å². The van der Waals surface area contributed by atoms with E-state index in [1.807, 2.05) is 0 Å². The monoisotopic (exact) mass is 217 g/mol. The van der Waals surface area contributed by atoms with E-state index in [1.54, 1.807) is 0 Å². The number of likely N-dealkylation sites (tertiary alicyclic amines) is 1. The van der Waals surface area contributed by atoms with Crippen molar-refractivity contribution in [1.82, 2.24) is 4.90 Å². The Morgan fingerprint density at radius 2 is 2.00 bits per heavy atom. The van der Waals surface area contributed by atoms with Crippen molar-refractivity contribution in [1.29, 1.82) is 0 Å². The summed E-state index contributed by atoms with van der Waals surface area (Å²) in [5.74, 6) is 0. The van der Waals surface area contributed by atoms with Crippen molar-refractivity contribution in [3.63, 3.8) is 0 Å². The van der Waals surface area contributed by atoms with Gasteiger partial charge in [0, 0.05) is 7.11 Å². The van der Waals surface area contributed by atoms with Crippen LogP contribution in [0.1, 0.15) is 0 Å². The number of hydrogen-bond acceptors (Lipinski definition) is 2. The maximum atomic E-state index is 12.3. The normalized spacial score (nSPS) is 21.2. The lowest BCUT2D eigenvalue weighted by Gasteiger charge is -2.48. The molecule has 1 aliphatic heterocycles. The van der Waals surface area contributed by atoms with Gasteiger partial charge in [-0.15, -0.1) is 0 Å². The van der Waals surface area contributed by atoms with Crippen LogP contribution in [-0.4, -0.2) is 42.2 Å². The number of ether oxygens (including phenoxy) is 1. The average molecular weight is 218 g/mol. The molecule has 0 radical (unpaired) electrons. The minimum atomic E-state index is -4.47. The van der Waals surface area contributed by atoms with Gasteiger partial charge < -0.3 is 9.64 Å². The molecule has 1 amide bonds. The molecule has 0 N–H and O–H groups in total. The van der Waals surface area contributed by atoms with Crippen molar-refractivity contribution in [2.75, 3.05) is 20.2 Å². The Labute approximate surface area is 77.4 Å². The first-order chi connectivity index (χ1) is 5.82. The minimum absolute atomic E-state index is 0.532. The summed E-state index contributed by atoms with van der Waals surface area (Å²) in [7, 11) is 0.962. The van der Waals surface area contributed by atoms with Gasteiger partial charge in [-0.05, 0) is 11.6 Å². The van der Waals surface area contributed by atoms with Crippen LogP contribution in [0.4, 0.5) is 18.0 Å². The Kier molecular flexibility index (Phi) is 2.46. The number of rotatable bonds is 1. The van der Waals surface area contributed by atoms with Crippen LogP contribution >= 0.6 is 11.6 Å². The molecule has 1 rings (SSSR count). The molecule has 0 spiro atoms. The molecular formula is C6H7ClF3NO2. The van der Waals surface area contributed by atoms with Crippen molar-refractivity contribution < 1.29 is 22.7 Å². The molecule has 0 aliphatic carbocycles. The molecule has 1 aliphatic rings. The van der Waals surface area contributed by atoms with Gasteiger partial charge in [0.05, 0.1) is 13.1 Å². The van der Waals surface area contributed by atoms with Crippen molar-refractivity contribution in [2.24, 2.45) is 0 Å². The predicted octanol–water partition coefficient (Wildman–Crippen LogP) is 1.61. The number of methoxy groups -OCH3 is 1.